The standard InChI is InChI=1S/C24H42N4O3.2ClH/c29-19-26-24(11-5-2-6-12-24)31-23(30)22(20-7-3-1-4-8-20)28-17-15-27(16-18-28)21-9-13-25-14-10-21;;/h19-22,25H,1-18H2,(H,26,29);2*1H. The molecule has 0 aromatic carbocycles. The van der Waals surface area contributed by atoms with Gasteiger partial charge in [0.1, 0.15) is 6.04 Å². The van der Waals surface area contributed by atoms with Gasteiger partial charge in [-0.3, -0.25) is 19.4 Å². The number of carbonyl (C=O) groups excluding carboxylic acids is 2. The lowest BCUT2D eigenvalue weighted by molar-refractivity contribution is -0.178. The predicted molar refractivity (Wildman–Crippen MR) is 135 cm³/mol. The Morgan fingerprint density at radius 1 is 0.909 bits per heavy atom. The van der Waals surface area contributed by atoms with Crippen LogP contribution in [0.1, 0.15) is 77.0 Å². The van der Waals surface area contributed by atoms with Crippen molar-refractivity contribution in [2.45, 2.75) is 94.9 Å². The van der Waals surface area contributed by atoms with E-state index in [1.807, 2.05) is 0 Å². The molecule has 7 nitrogen and oxygen atoms in total. The first kappa shape index (κ1) is 28.6. The molecule has 1 atom stereocenters. The van der Waals surface area contributed by atoms with E-state index in [0.717, 1.165) is 84.2 Å². The van der Waals surface area contributed by atoms with Crippen molar-refractivity contribution >= 4 is 37.2 Å². The van der Waals surface area contributed by atoms with Gasteiger partial charge >= 0.3 is 5.97 Å². The van der Waals surface area contributed by atoms with Crippen molar-refractivity contribution in [3.05, 3.63) is 0 Å². The first-order chi connectivity index (χ1) is 15.2. The lowest BCUT2D eigenvalue weighted by Gasteiger charge is -2.46. The maximum atomic E-state index is 13.6. The Bertz CT molecular complexity index is 586. The summed E-state index contributed by atoms with van der Waals surface area (Å²) in [6.45, 7) is 6.20. The molecule has 0 radical (unpaired) electrons. The molecule has 0 bridgehead atoms. The fourth-order valence-corrected chi connectivity index (χ4v) is 6.40. The minimum absolute atomic E-state index is 0. The summed E-state index contributed by atoms with van der Waals surface area (Å²) in [6, 6.07) is 0.522. The maximum Gasteiger partial charge on any atom is 0.325 e. The third-order valence-corrected chi connectivity index (χ3v) is 8.18. The van der Waals surface area contributed by atoms with Gasteiger partial charge in [-0.1, -0.05) is 25.7 Å². The SMILES string of the molecule is Cl.Cl.O=CNC1(OC(=O)C(C2CCCCC2)N2CCN(C3CCNCC3)CC2)CCCCC1. The summed E-state index contributed by atoms with van der Waals surface area (Å²) in [5.41, 5.74) is -0.791. The third-order valence-electron chi connectivity index (χ3n) is 8.18. The number of nitrogens with one attached hydrogen (secondary N) is 2. The van der Waals surface area contributed by atoms with Crippen molar-refractivity contribution < 1.29 is 14.3 Å². The van der Waals surface area contributed by atoms with Gasteiger partial charge in [-0.25, -0.2) is 0 Å². The molecule has 192 valence electrons. The predicted octanol–water partition coefficient (Wildman–Crippen LogP) is 3.10. The van der Waals surface area contributed by atoms with Crippen LogP contribution < -0.4 is 10.6 Å². The molecule has 4 aliphatic rings. The summed E-state index contributed by atoms with van der Waals surface area (Å²) < 4.78 is 6.19. The zero-order valence-electron chi connectivity index (χ0n) is 20.0. The first-order valence-electron chi connectivity index (χ1n) is 12.8. The maximum absolute atomic E-state index is 13.6. The summed E-state index contributed by atoms with van der Waals surface area (Å²) in [6.07, 6.45) is 13.7. The van der Waals surface area contributed by atoms with E-state index in [2.05, 4.69) is 20.4 Å². The van der Waals surface area contributed by atoms with Crippen LogP contribution in [0, 0.1) is 5.92 Å². The average molecular weight is 508 g/mol. The fourth-order valence-electron chi connectivity index (χ4n) is 6.40. The van der Waals surface area contributed by atoms with E-state index in [4.69, 9.17) is 4.74 Å². The van der Waals surface area contributed by atoms with Crippen LogP contribution >= 0.6 is 24.8 Å². The number of rotatable bonds is 7. The zero-order valence-corrected chi connectivity index (χ0v) is 21.6. The van der Waals surface area contributed by atoms with Gasteiger partial charge in [0.15, 0.2) is 5.72 Å². The molecule has 2 N–H and O–H groups in total. The lowest BCUT2D eigenvalue weighted by Crippen LogP contribution is -2.60. The smallest absolute Gasteiger partial charge is 0.325 e. The highest BCUT2D eigenvalue weighted by Gasteiger charge is 2.43. The second-order valence-corrected chi connectivity index (χ2v) is 10.1. The topological polar surface area (TPSA) is 73.9 Å². The van der Waals surface area contributed by atoms with Gasteiger partial charge in [0, 0.05) is 45.1 Å². The second-order valence-electron chi connectivity index (χ2n) is 10.1. The van der Waals surface area contributed by atoms with Gasteiger partial charge in [-0.2, -0.15) is 0 Å². The molecule has 0 aromatic heterocycles. The number of esters is 1. The lowest BCUT2D eigenvalue weighted by atomic mass is 9.82. The van der Waals surface area contributed by atoms with E-state index in [9.17, 15) is 9.59 Å². The molecule has 9 heteroatoms. The van der Waals surface area contributed by atoms with Gasteiger partial charge in [0.05, 0.1) is 0 Å². The van der Waals surface area contributed by atoms with Gasteiger partial charge < -0.3 is 15.4 Å². The molecular formula is C24H44Cl2N4O3. The molecule has 1 amide bonds. The highest BCUT2D eigenvalue weighted by Crippen LogP contribution is 2.34. The number of hydrogen-bond acceptors (Lipinski definition) is 6. The highest BCUT2D eigenvalue weighted by atomic mass is 35.5. The van der Waals surface area contributed by atoms with E-state index in [0.29, 0.717) is 18.4 Å². The molecular weight excluding hydrogens is 463 g/mol. The molecule has 2 saturated heterocycles. The summed E-state index contributed by atoms with van der Waals surface area (Å²) in [7, 11) is 0. The van der Waals surface area contributed by atoms with Crippen molar-refractivity contribution in [1.29, 1.82) is 0 Å². The van der Waals surface area contributed by atoms with E-state index in [1.165, 1.54) is 32.1 Å². The monoisotopic (exact) mass is 506 g/mol. The first-order valence-corrected chi connectivity index (χ1v) is 12.8. The van der Waals surface area contributed by atoms with Crippen LogP contribution in [0.3, 0.4) is 0 Å². The third kappa shape index (κ3) is 7.44. The summed E-state index contributed by atoms with van der Waals surface area (Å²) in [4.78, 5) is 30.0. The van der Waals surface area contributed by atoms with Crippen LogP contribution in [-0.4, -0.2) is 79.3 Å². The summed E-state index contributed by atoms with van der Waals surface area (Å²) in [5.74, 6) is 0.280. The van der Waals surface area contributed by atoms with Gasteiger partial charge in [-0.05, 0) is 57.5 Å². The average Bonchev–Trinajstić information content (AvgIpc) is 2.82. The molecule has 0 aromatic rings. The van der Waals surface area contributed by atoms with Crippen LogP contribution in [0.15, 0.2) is 0 Å². The fraction of sp³-hybridized carbons (Fsp3) is 0.917. The van der Waals surface area contributed by atoms with Crippen LogP contribution in [0.2, 0.25) is 0 Å². The number of piperidine rings is 1. The molecule has 2 saturated carbocycles. The molecule has 33 heavy (non-hydrogen) atoms. The molecule has 1 unspecified atom stereocenters. The molecule has 0 spiro atoms. The molecule has 2 heterocycles. The highest BCUT2D eigenvalue weighted by molar-refractivity contribution is 5.85. The van der Waals surface area contributed by atoms with Gasteiger partial charge in [0.2, 0.25) is 6.41 Å². The molecule has 4 fully saturated rings. The normalized spacial score (nSPS) is 26.3. The van der Waals surface area contributed by atoms with Crippen molar-refractivity contribution in [2.24, 2.45) is 5.92 Å². The van der Waals surface area contributed by atoms with E-state index < -0.39 is 5.72 Å². The Morgan fingerprint density at radius 2 is 1.52 bits per heavy atom. The van der Waals surface area contributed by atoms with Crippen molar-refractivity contribution in [1.82, 2.24) is 20.4 Å². The molecule has 2 aliphatic heterocycles. The zero-order chi connectivity index (χ0) is 21.5. The summed E-state index contributed by atoms with van der Waals surface area (Å²) >= 11 is 0. The van der Waals surface area contributed by atoms with Gasteiger partial charge in [0.25, 0.3) is 0 Å². The van der Waals surface area contributed by atoms with Crippen LogP contribution in [-0.2, 0) is 14.3 Å². The van der Waals surface area contributed by atoms with E-state index in [1.54, 1.807) is 0 Å². The van der Waals surface area contributed by atoms with Gasteiger partial charge in [-0.15, -0.1) is 24.8 Å². The molecule has 2 aliphatic carbocycles. The Balaban J connectivity index is 0.00000193. The van der Waals surface area contributed by atoms with Crippen molar-refractivity contribution in [3.8, 4) is 0 Å². The van der Waals surface area contributed by atoms with Crippen LogP contribution in [0.5, 0.6) is 0 Å². The van der Waals surface area contributed by atoms with E-state index >= 15 is 0 Å². The number of carbonyl (C=O) groups is 2. The number of amides is 1. The van der Waals surface area contributed by atoms with E-state index in [-0.39, 0.29) is 36.8 Å². The minimum atomic E-state index is -0.791. The van der Waals surface area contributed by atoms with Crippen LogP contribution in [0.25, 0.3) is 0 Å². The van der Waals surface area contributed by atoms with Crippen LogP contribution in [0.4, 0.5) is 0 Å². The van der Waals surface area contributed by atoms with Crippen molar-refractivity contribution in [2.75, 3.05) is 39.3 Å². The molecule has 4 rings (SSSR count). The Kier molecular flexibility index (Phi) is 12.2. The Hall–Kier alpha value is -0.600. The number of nitrogens with zero attached hydrogens (tertiary/aromatic N) is 2. The number of halogens is 2. The number of piperazine rings is 1. The van der Waals surface area contributed by atoms with Crippen molar-refractivity contribution in [3.63, 3.8) is 0 Å². The largest absolute Gasteiger partial charge is 0.438 e. The quantitative estimate of drug-likeness (QED) is 0.314. The number of hydrogen-bond donors (Lipinski definition) is 2. The minimum Gasteiger partial charge on any atom is -0.438 e. The Labute approximate surface area is 211 Å². The Morgan fingerprint density at radius 3 is 2.12 bits per heavy atom. The second kappa shape index (κ2) is 14.1. The number of ether oxygens (including phenoxy) is 1. The summed E-state index contributed by atoms with van der Waals surface area (Å²) in [5, 5.41) is 6.35.